The molecule has 0 spiro atoms. The average molecular weight is 286 g/mol. The van der Waals surface area contributed by atoms with Crippen LogP contribution >= 0.6 is 0 Å². The number of rotatable bonds is 5. The zero-order chi connectivity index (χ0) is 14.4. The number of alkyl halides is 2. The topological polar surface area (TPSA) is 60.5 Å². The number of hydrogen-bond acceptors (Lipinski definition) is 4. The Hall–Kier alpha value is -1.76. The Morgan fingerprint density at radius 1 is 1.45 bits per heavy atom. The minimum absolute atomic E-state index is 0.0649. The van der Waals surface area contributed by atoms with Crippen LogP contribution in [0.4, 0.5) is 14.6 Å². The van der Waals surface area contributed by atoms with Gasteiger partial charge in [0.2, 0.25) is 11.8 Å². The number of pyridine rings is 1. The fraction of sp³-hybridized carbons (Fsp3) is 0.538. The second-order valence-corrected chi connectivity index (χ2v) is 4.44. The number of carbonyl (C=O) groups is 1. The molecule has 1 aromatic heterocycles. The largest absolute Gasteiger partial charge is 0.472 e. The first-order chi connectivity index (χ1) is 9.65. The summed E-state index contributed by atoms with van der Waals surface area (Å²) in [4.78, 5) is 15.9. The van der Waals surface area contributed by atoms with Crippen LogP contribution in [0.5, 0.6) is 5.88 Å². The summed E-state index contributed by atoms with van der Waals surface area (Å²) in [5.74, 6) is 0.131. The van der Waals surface area contributed by atoms with Crippen molar-refractivity contribution in [2.45, 2.75) is 19.3 Å². The van der Waals surface area contributed by atoms with Gasteiger partial charge in [-0.1, -0.05) is 6.07 Å². The van der Waals surface area contributed by atoms with Crippen LogP contribution in [0.1, 0.15) is 12.8 Å². The number of nitrogens with one attached hydrogen (secondary N) is 1. The predicted octanol–water partition coefficient (Wildman–Crippen LogP) is 2.09. The lowest BCUT2D eigenvalue weighted by Crippen LogP contribution is -2.28. The van der Waals surface area contributed by atoms with Gasteiger partial charge < -0.3 is 14.8 Å². The smallest absolute Gasteiger partial charge is 0.272 e. The van der Waals surface area contributed by atoms with Crippen molar-refractivity contribution in [3.05, 3.63) is 18.2 Å². The van der Waals surface area contributed by atoms with Gasteiger partial charge in [0.1, 0.15) is 5.82 Å². The molecule has 1 amide bonds. The molecule has 1 aliphatic heterocycles. The number of hydrogen-bond donors (Lipinski definition) is 1. The van der Waals surface area contributed by atoms with E-state index < -0.39 is 13.0 Å². The second-order valence-electron chi connectivity index (χ2n) is 4.44. The number of anilines is 1. The zero-order valence-corrected chi connectivity index (χ0v) is 10.9. The van der Waals surface area contributed by atoms with E-state index in [9.17, 15) is 13.6 Å². The third-order valence-corrected chi connectivity index (χ3v) is 2.92. The van der Waals surface area contributed by atoms with Crippen LogP contribution in [-0.2, 0) is 9.53 Å². The van der Waals surface area contributed by atoms with Gasteiger partial charge in [-0.25, -0.2) is 8.78 Å². The number of ether oxygens (including phenoxy) is 2. The molecule has 2 rings (SSSR count). The molecule has 0 saturated carbocycles. The summed E-state index contributed by atoms with van der Waals surface area (Å²) in [5, 5.41) is 2.67. The minimum Gasteiger partial charge on any atom is -0.472 e. The molecule has 0 aromatic carbocycles. The summed E-state index contributed by atoms with van der Waals surface area (Å²) < 4.78 is 34.1. The van der Waals surface area contributed by atoms with E-state index in [1.54, 1.807) is 12.1 Å². The lowest BCUT2D eigenvalue weighted by molar-refractivity contribution is -0.122. The molecule has 2 heterocycles. The summed E-state index contributed by atoms with van der Waals surface area (Å²) >= 11 is 0. The van der Waals surface area contributed by atoms with Gasteiger partial charge in [0.05, 0.1) is 0 Å². The highest BCUT2D eigenvalue weighted by Crippen LogP contribution is 2.18. The maximum Gasteiger partial charge on any atom is 0.272 e. The fourth-order valence-corrected chi connectivity index (χ4v) is 1.90. The quantitative estimate of drug-likeness (QED) is 0.900. The molecular formula is C13H16F2N2O3. The van der Waals surface area contributed by atoms with Crippen LogP contribution < -0.4 is 10.1 Å². The van der Waals surface area contributed by atoms with E-state index in [0.29, 0.717) is 31.9 Å². The van der Waals surface area contributed by atoms with Crippen LogP contribution in [-0.4, -0.2) is 37.1 Å². The molecule has 0 aliphatic carbocycles. The number of carbonyl (C=O) groups excluding carboxylic acids is 1. The van der Waals surface area contributed by atoms with Crippen LogP contribution in [0.2, 0.25) is 0 Å². The average Bonchev–Trinajstić information content (AvgIpc) is 2.46. The van der Waals surface area contributed by atoms with Gasteiger partial charge in [0.25, 0.3) is 6.43 Å². The van der Waals surface area contributed by atoms with Crippen molar-refractivity contribution in [3.8, 4) is 5.88 Å². The Morgan fingerprint density at radius 3 is 2.90 bits per heavy atom. The molecule has 0 radical (unpaired) electrons. The van der Waals surface area contributed by atoms with Crippen LogP contribution in [0.3, 0.4) is 0 Å². The van der Waals surface area contributed by atoms with Gasteiger partial charge in [0, 0.05) is 25.2 Å². The van der Waals surface area contributed by atoms with Gasteiger partial charge >= 0.3 is 0 Å². The van der Waals surface area contributed by atoms with Gasteiger partial charge in [-0.2, -0.15) is 4.98 Å². The van der Waals surface area contributed by atoms with E-state index in [1.165, 1.54) is 6.07 Å². The van der Waals surface area contributed by atoms with Crippen molar-refractivity contribution in [1.29, 1.82) is 0 Å². The molecular weight excluding hydrogens is 270 g/mol. The van der Waals surface area contributed by atoms with E-state index in [-0.39, 0.29) is 17.7 Å². The molecule has 7 heteroatoms. The molecule has 5 nitrogen and oxygen atoms in total. The van der Waals surface area contributed by atoms with E-state index >= 15 is 0 Å². The first kappa shape index (κ1) is 14.6. The van der Waals surface area contributed by atoms with Gasteiger partial charge in [0.15, 0.2) is 6.61 Å². The van der Waals surface area contributed by atoms with E-state index in [2.05, 4.69) is 10.3 Å². The molecule has 0 atom stereocenters. The first-order valence-electron chi connectivity index (χ1n) is 6.42. The Labute approximate surface area is 115 Å². The maximum absolute atomic E-state index is 12.0. The monoisotopic (exact) mass is 286 g/mol. The molecule has 20 heavy (non-hydrogen) atoms. The second kappa shape index (κ2) is 7.14. The number of amides is 1. The number of halogens is 2. The zero-order valence-electron chi connectivity index (χ0n) is 10.9. The highest BCUT2D eigenvalue weighted by Gasteiger charge is 2.21. The van der Waals surface area contributed by atoms with Crippen molar-refractivity contribution in [2.24, 2.45) is 5.92 Å². The van der Waals surface area contributed by atoms with Crippen molar-refractivity contribution in [3.63, 3.8) is 0 Å². The maximum atomic E-state index is 12.0. The SMILES string of the molecule is O=C(Nc1cccc(OCC(F)F)n1)C1CCOCC1. The van der Waals surface area contributed by atoms with Gasteiger partial charge in [-0.15, -0.1) is 0 Å². The van der Waals surface area contributed by atoms with Crippen molar-refractivity contribution >= 4 is 11.7 Å². The van der Waals surface area contributed by atoms with E-state index in [4.69, 9.17) is 9.47 Å². The molecule has 1 saturated heterocycles. The Morgan fingerprint density at radius 2 is 2.20 bits per heavy atom. The molecule has 1 aromatic rings. The fourth-order valence-electron chi connectivity index (χ4n) is 1.90. The molecule has 1 aliphatic rings. The lowest BCUT2D eigenvalue weighted by Gasteiger charge is -2.21. The van der Waals surface area contributed by atoms with Crippen molar-refractivity contribution in [1.82, 2.24) is 4.98 Å². The van der Waals surface area contributed by atoms with Crippen LogP contribution in [0.25, 0.3) is 0 Å². The van der Waals surface area contributed by atoms with E-state index in [1.807, 2.05) is 0 Å². The third kappa shape index (κ3) is 4.41. The predicted molar refractivity (Wildman–Crippen MR) is 67.9 cm³/mol. The molecule has 1 N–H and O–H groups in total. The standard InChI is InChI=1S/C13H16F2N2O3/c14-10(15)8-20-12-3-1-2-11(16-12)17-13(18)9-4-6-19-7-5-9/h1-3,9-10H,4-8H2,(H,16,17,18). The molecule has 0 bridgehead atoms. The Bertz CT molecular complexity index is 451. The summed E-state index contributed by atoms with van der Waals surface area (Å²) in [6, 6.07) is 4.65. The third-order valence-electron chi connectivity index (χ3n) is 2.92. The molecule has 1 fully saturated rings. The van der Waals surface area contributed by atoms with Crippen molar-refractivity contribution in [2.75, 3.05) is 25.1 Å². The summed E-state index contributed by atoms with van der Waals surface area (Å²) in [5.41, 5.74) is 0. The molecule has 0 unspecified atom stereocenters. The summed E-state index contributed by atoms with van der Waals surface area (Å²) in [7, 11) is 0. The highest BCUT2D eigenvalue weighted by molar-refractivity contribution is 5.91. The summed E-state index contributed by atoms with van der Waals surface area (Å²) in [6.45, 7) is 0.427. The minimum atomic E-state index is -2.56. The van der Waals surface area contributed by atoms with E-state index in [0.717, 1.165) is 0 Å². The number of aromatic nitrogens is 1. The Balaban J connectivity index is 1.91. The first-order valence-corrected chi connectivity index (χ1v) is 6.42. The van der Waals surface area contributed by atoms with Crippen molar-refractivity contribution < 1.29 is 23.0 Å². The highest BCUT2D eigenvalue weighted by atomic mass is 19.3. The number of nitrogens with zero attached hydrogens (tertiary/aromatic N) is 1. The van der Waals surface area contributed by atoms with Gasteiger partial charge in [-0.3, -0.25) is 4.79 Å². The lowest BCUT2D eigenvalue weighted by atomic mass is 9.99. The van der Waals surface area contributed by atoms with Crippen LogP contribution in [0.15, 0.2) is 18.2 Å². The molecule has 110 valence electrons. The normalized spacial score (nSPS) is 16.1. The van der Waals surface area contributed by atoms with Crippen LogP contribution in [0, 0.1) is 5.92 Å². The summed E-state index contributed by atoms with van der Waals surface area (Å²) in [6.07, 6.45) is -1.21. The van der Waals surface area contributed by atoms with Gasteiger partial charge in [-0.05, 0) is 18.9 Å². The Kier molecular flexibility index (Phi) is 5.23.